The summed E-state index contributed by atoms with van der Waals surface area (Å²) in [5.74, 6) is 0.850. The summed E-state index contributed by atoms with van der Waals surface area (Å²) in [5.41, 5.74) is 0.778. The summed E-state index contributed by atoms with van der Waals surface area (Å²) >= 11 is 0. The van der Waals surface area contributed by atoms with Crippen LogP contribution in [0.3, 0.4) is 0 Å². The second-order valence-electron chi connectivity index (χ2n) is 3.62. The number of piperazine rings is 1. The summed E-state index contributed by atoms with van der Waals surface area (Å²) in [4.78, 5) is 20.6. The van der Waals surface area contributed by atoms with Gasteiger partial charge in [0.1, 0.15) is 5.82 Å². The molecule has 0 unspecified atom stereocenters. The molecular formula is C10H16N4O. The molecule has 5 heteroatoms. The monoisotopic (exact) mass is 208 g/mol. The Balaban J connectivity index is 2.33. The summed E-state index contributed by atoms with van der Waals surface area (Å²) < 4.78 is 0. The van der Waals surface area contributed by atoms with Crippen molar-refractivity contribution in [3.05, 3.63) is 22.2 Å². The molecule has 15 heavy (non-hydrogen) atoms. The standard InChI is InChI=1S/C10H16N4O/c1-2-8-9(12-7-13-10(8)15)14-5-3-11-4-6-14/h7,11H,2-6H2,1H3,(H,12,13,15). The predicted octanol–water partition coefficient (Wildman–Crippen LogP) is -0.258. The normalized spacial score (nSPS) is 16.7. The quantitative estimate of drug-likeness (QED) is 0.703. The van der Waals surface area contributed by atoms with Gasteiger partial charge < -0.3 is 15.2 Å². The smallest absolute Gasteiger partial charge is 0.255 e. The predicted molar refractivity (Wildman–Crippen MR) is 59.3 cm³/mol. The lowest BCUT2D eigenvalue weighted by molar-refractivity contribution is 0.582. The minimum atomic E-state index is -0.0129. The zero-order valence-electron chi connectivity index (χ0n) is 8.92. The van der Waals surface area contributed by atoms with Gasteiger partial charge in [0, 0.05) is 26.2 Å². The van der Waals surface area contributed by atoms with Gasteiger partial charge in [0.25, 0.3) is 5.56 Å². The Morgan fingerprint density at radius 3 is 2.87 bits per heavy atom. The van der Waals surface area contributed by atoms with Crippen molar-refractivity contribution in [3.63, 3.8) is 0 Å². The van der Waals surface area contributed by atoms with Crippen LogP contribution in [0.4, 0.5) is 5.82 Å². The van der Waals surface area contributed by atoms with Crippen LogP contribution in [-0.2, 0) is 6.42 Å². The average molecular weight is 208 g/mol. The van der Waals surface area contributed by atoms with Gasteiger partial charge in [0.05, 0.1) is 11.9 Å². The molecule has 1 saturated heterocycles. The molecule has 1 aromatic heterocycles. The zero-order valence-corrected chi connectivity index (χ0v) is 8.92. The maximum Gasteiger partial charge on any atom is 0.255 e. The van der Waals surface area contributed by atoms with E-state index in [9.17, 15) is 4.79 Å². The largest absolute Gasteiger partial charge is 0.354 e. The van der Waals surface area contributed by atoms with Crippen LogP contribution in [-0.4, -0.2) is 36.1 Å². The molecule has 2 heterocycles. The van der Waals surface area contributed by atoms with E-state index < -0.39 is 0 Å². The summed E-state index contributed by atoms with van der Waals surface area (Å²) in [7, 11) is 0. The van der Waals surface area contributed by atoms with Crippen molar-refractivity contribution < 1.29 is 0 Å². The van der Waals surface area contributed by atoms with Crippen molar-refractivity contribution >= 4 is 5.82 Å². The molecule has 1 fully saturated rings. The van der Waals surface area contributed by atoms with Gasteiger partial charge in [-0.15, -0.1) is 0 Å². The number of rotatable bonds is 2. The molecule has 2 N–H and O–H groups in total. The number of hydrogen-bond acceptors (Lipinski definition) is 4. The van der Waals surface area contributed by atoms with Crippen LogP contribution < -0.4 is 15.8 Å². The lowest BCUT2D eigenvalue weighted by atomic mass is 10.2. The van der Waals surface area contributed by atoms with Crippen molar-refractivity contribution in [2.24, 2.45) is 0 Å². The van der Waals surface area contributed by atoms with Crippen LogP contribution >= 0.6 is 0 Å². The Morgan fingerprint density at radius 2 is 2.20 bits per heavy atom. The van der Waals surface area contributed by atoms with Crippen molar-refractivity contribution in [1.82, 2.24) is 15.3 Å². The van der Waals surface area contributed by atoms with E-state index in [4.69, 9.17) is 0 Å². The van der Waals surface area contributed by atoms with Crippen LogP contribution in [0.25, 0.3) is 0 Å². The third kappa shape index (κ3) is 2.02. The minimum Gasteiger partial charge on any atom is -0.354 e. The molecule has 0 bridgehead atoms. The van der Waals surface area contributed by atoms with E-state index in [-0.39, 0.29) is 5.56 Å². The Morgan fingerprint density at radius 1 is 1.47 bits per heavy atom. The van der Waals surface area contributed by atoms with Crippen LogP contribution in [0, 0.1) is 0 Å². The molecular weight excluding hydrogens is 192 g/mol. The van der Waals surface area contributed by atoms with Gasteiger partial charge in [0.2, 0.25) is 0 Å². The summed E-state index contributed by atoms with van der Waals surface area (Å²) in [6.45, 7) is 5.74. The lowest BCUT2D eigenvalue weighted by Gasteiger charge is -2.29. The second-order valence-corrected chi connectivity index (χ2v) is 3.62. The molecule has 0 spiro atoms. The third-order valence-electron chi connectivity index (χ3n) is 2.70. The molecule has 5 nitrogen and oxygen atoms in total. The van der Waals surface area contributed by atoms with Crippen molar-refractivity contribution in [3.8, 4) is 0 Å². The highest BCUT2D eigenvalue weighted by Gasteiger charge is 2.16. The van der Waals surface area contributed by atoms with E-state index in [1.165, 1.54) is 6.33 Å². The number of nitrogens with one attached hydrogen (secondary N) is 2. The fourth-order valence-electron chi connectivity index (χ4n) is 1.89. The Labute approximate surface area is 88.5 Å². The molecule has 0 amide bonds. The van der Waals surface area contributed by atoms with Crippen LogP contribution in [0.15, 0.2) is 11.1 Å². The van der Waals surface area contributed by atoms with E-state index in [2.05, 4.69) is 20.2 Å². The lowest BCUT2D eigenvalue weighted by Crippen LogP contribution is -2.44. The first-order valence-electron chi connectivity index (χ1n) is 5.35. The van der Waals surface area contributed by atoms with E-state index >= 15 is 0 Å². The summed E-state index contributed by atoms with van der Waals surface area (Å²) in [6.07, 6.45) is 2.21. The first-order valence-corrected chi connectivity index (χ1v) is 5.35. The number of H-pyrrole nitrogens is 1. The number of aromatic amines is 1. The number of anilines is 1. The molecule has 1 aliphatic heterocycles. The maximum absolute atomic E-state index is 11.6. The van der Waals surface area contributed by atoms with Crippen molar-refractivity contribution in [1.29, 1.82) is 0 Å². The molecule has 1 aromatic rings. The number of nitrogens with zero attached hydrogens (tertiary/aromatic N) is 2. The van der Waals surface area contributed by atoms with Gasteiger partial charge in [-0.3, -0.25) is 4.79 Å². The highest BCUT2D eigenvalue weighted by molar-refractivity contribution is 5.45. The van der Waals surface area contributed by atoms with Crippen molar-refractivity contribution in [2.45, 2.75) is 13.3 Å². The molecule has 0 aliphatic carbocycles. The zero-order chi connectivity index (χ0) is 10.7. The number of hydrogen-bond donors (Lipinski definition) is 2. The third-order valence-corrected chi connectivity index (χ3v) is 2.70. The maximum atomic E-state index is 11.6. The van der Waals surface area contributed by atoms with Crippen LogP contribution in [0.1, 0.15) is 12.5 Å². The first kappa shape index (κ1) is 10.2. The molecule has 0 aromatic carbocycles. The molecule has 0 radical (unpaired) electrons. The Bertz CT molecular complexity index is 381. The van der Waals surface area contributed by atoms with E-state index in [0.717, 1.165) is 44.0 Å². The molecule has 0 saturated carbocycles. The molecule has 1 aliphatic rings. The highest BCUT2D eigenvalue weighted by Crippen LogP contribution is 2.13. The average Bonchev–Trinajstić information content (AvgIpc) is 2.30. The fraction of sp³-hybridized carbons (Fsp3) is 0.600. The van der Waals surface area contributed by atoms with Crippen LogP contribution in [0.5, 0.6) is 0 Å². The molecule has 2 rings (SSSR count). The van der Waals surface area contributed by atoms with Gasteiger partial charge in [-0.1, -0.05) is 6.92 Å². The second kappa shape index (κ2) is 4.44. The van der Waals surface area contributed by atoms with Crippen molar-refractivity contribution in [2.75, 3.05) is 31.1 Å². The minimum absolute atomic E-state index is 0.0129. The first-order chi connectivity index (χ1) is 7.33. The fourth-order valence-corrected chi connectivity index (χ4v) is 1.89. The summed E-state index contributed by atoms with van der Waals surface area (Å²) in [5, 5.41) is 3.28. The molecule has 0 atom stereocenters. The highest BCUT2D eigenvalue weighted by atomic mass is 16.1. The molecule has 82 valence electrons. The van der Waals surface area contributed by atoms with Gasteiger partial charge in [-0.05, 0) is 6.42 Å². The summed E-state index contributed by atoms with van der Waals surface area (Å²) in [6, 6.07) is 0. The Kier molecular flexibility index (Phi) is 3.01. The van der Waals surface area contributed by atoms with Gasteiger partial charge in [-0.2, -0.15) is 0 Å². The van der Waals surface area contributed by atoms with Gasteiger partial charge >= 0.3 is 0 Å². The Hall–Kier alpha value is -1.36. The van der Waals surface area contributed by atoms with Gasteiger partial charge in [-0.25, -0.2) is 4.98 Å². The van der Waals surface area contributed by atoms with Gasteiger partial charge in [0.15, 0.2) is 0 Å². The SMILES string of the molecule is CCc1c(N2CCNCC2)nc[nH]c1=O. The van der Waals surface area contributed by atoms with E-state index in [1.54, 1.807) is 0 Å². The van der Waals surface area contributed by atoms with E-state index in [0.29, 0.717) is 0 Å². The van der Waals surface area contributed by atoms with E-state index in [1.807, 2.05) is 6.92 Å². The topological polar surface area (TPSA) is 61.0 Å². The van der Waals surface area contributed by atoms with Crippen LogP contribution in [0.2, 0.25) is 0 Å². The number of aromatic nitrogens is 2.